The zero-order valence-corrected chi connectivity index (χ0v) is 17.1. The van der Waals surface area contributed by atoms with Crippen molar-refractivity contribution in [3.63, 3.8) is 0 Å². The van der Waals surface area contributed by atoms with Crippen LogP contribution < -0.4 is 10.6 Å². The Morgan fingerprint density at radius 1 is 1.04 bits per heavy atom. The van der Waals surface area contributed by atoms with Gasteiger partial charge < -0.3 is 24.4 Å². The van der Waals surface area contributed by atoms with E-state index in [1.807, 2.05) is 6.26 Å². The summed E-state index contributed by atoms with van der Waals surface area (Å²) in [6, 6.07) is 0. The molecule has 2 N–H and O–H groups in total. The van der Waals surface area contributed by atoms with Crippen LogP contribution in [0, 0.1) is 0 Å². The minimum atomic E-state index is -2.87. The molecule has 1 unspecified atom stereocenters. The summed E-state index contributed by atoms with van der Waals surface area (Å²) in [6.45, 7) is 2.86. The van der Waals surface area contributed by atoms with Crippen LogP contribution in [0.4, 0.5) is 4.79 Å². The third kappa shape index (κ3) is 16.5. The third-order valence-electron chi connectivity index (χ3n) is 3.19. The largest absolute Gasteiger partial charge is 0.448 e. The fraction of sp³-hybridized carbons (Fsp3) is 0.867. The lowest BCUT2D eigenvalue weighted by Gasteiger charge is -2.11. The smallest absolute Gasteiger partial charge is 0.407 e. The van der Waals surface area contributed by atoms with Gasteiger partial charge in [-0.15, -0.1) is 0 Å². The van der Waals surface area contributed by atoms with E-state index in [0.717, 1.165) is 31.4 Å². The number of rotatable bonds is 15. The summed E-state index contributed by atoms with van der Waals surface area (Å²) in [5.74, 6) is 0.746. The van der Waals surface area contributed by atoms with Crippen molar-refractivity contribution in [2.75, 3.05) is 52.1 Å². The molecule has 0 saturated heterocycles. The van der Waals surface area contributed by atoms with Crippen LogP contribution in [0.1, 0.15) is 32.1 Å². The fourth-order valence-corrected chi connectivity index (χ4v) is 2.68. The van der Waals surface area contributed by atoms with E-state index >= 15 is 0 Å². The Hall–Kier alpha value is -0.760. The van der Waals surface area contributed by atoms with E-state index in [-0.39, 0.29) is 12.5 Å². The number of amides is 2. The summed E-state index contributed by atoms with van der Waals surface area (Å²) in [4.78, 5) is 22.7. The van der Waals surface area contributed by atoms with Crippen molar-refractivity contribution in [2.45, 2.75) is 32.1 Å². The number of alkyl carbamates (subject to hydrolysis) is 1. The molecule has 0 heterocycles. The number of ether oxygens (including phenoxy) is 1. The predicted octanol–water partition coefficient (Wildman–Crippen LogP) is 2.63. The Morgan fingerprint density at radius 2 is 1.76 bits per heavy atom. The van der Waals surface area contributed by atoms with Crippen LogP contribution in [0.2, 0.25) is 0 Å². The van der Waals surface area contributed by atoms with Gasteiger partial charge in [0.15, 0.2) is 0 Å². The molecule has 25 heavy (non-hydrogen) atoms. The normalized spacial score (nSPS) is 13.1. The number of unbranched alkanes of at least 4 members (excludes halogenated alkanes) is 3. The van der Waals surface area contributed by atoms with E-state index in [4.69, 9.17) is 13.8 Å². The van der Waals surface area contributed by atoms with Crippen molar-refractivity contribution in [3.05, 3.63) is 0 Å². The SMILES string of the molecule is COP(C)(=O)OCCCCCCNC(=O)OCCNC(=O)CCSC. The van der Waals surface area contributed by atoms with Crippen LogP contribution in [0.15, 0.2) is 0 Å². The first-order valence-electron chi connectivity index (χ1n) is 8.35. The van der Waals surface area contributed by atoms with E-state index < -0.39 is 13.7 Å². The molecule has 0 saturated carbocycles. The maximum absolute atomic E-state index is 11.5. The van der Waals surface area contributed by atoms with Gasteiger partial charge in [-0.05, 0) is 19.1 Å². The highest BCUT2D eigenvalue weighted by molar-refractivity contribution is 7.98. The summed E-state index contributed by atoms with van der Waals surface area (Å²) in [6.07, 6.45) is 5.40. The van der Waals surface area contributed by atoms with Gasteiger partial charge in [0.1, 0.15) is 6.61 Å². The Kier molecular flexibility index (Phi) is 15.0. The number of thioether (sulfide) groups is 1. The van der Waals surface area contributed by atoms with Crippen molar-refractivity contribution in [1.82, 2.24) is 10.6 Å². The van der Waals surface area contributed by atoms with Gasteiger partial charge in [0.2, 0.25) is 5.91 Å². The zero-order chi connectivity index (χ0) is 19.0. The molecule has 1 atom stereocenters. The van der Waals surface area contributed by atoms with Crippen molar-refractivity contribution < 1.29 is 27.9 Å². The summed E-state index contributed by atoms with van der Waals surface area (Å²) in [5.41, 5.74) is 0. The van der Waals surface area contributed by atoms with Crippen molar-refractivity contribution >= 4 is 31.4 Å². The second-order valence-electron chi connectivity index (χ2n) is 5.36. The Labute approximate surface area is 154 Å². The van der Waals surface area contributed by atoms with E-state index in [2.05, 4.69) is 10.6 Å². The van der Waals surface area contributed by atoms with Gasteiger partial charge in [-0.25, -0.2) is 4.79 Å². The van der Waals surface area contributed by atoms with Crippen LogP contribution >= 0.6 is 19.4 Å². The van der Waals surface area contributed by atoms with Crippen LogP contribution in [0.3, 0.4) is 0 Å². The van der Waals surface area contributed by atoms with Gasteiger partial charge in [-0.1, -0.05) is 12.8 Å². The Bertz CT molecular complexity index is 425. The Morgan fingerprint density at radius 3 is 2.44 bits per heavy atom. The van der Waals surface area contributed by atoms with Gasteiger partial charge in [-0.2, -0.15) is 11.8 Å². The van der Waals surface area contributed by atoms with Crippen LogP contribution in [-0.4, -0.2) is 64.1 Å². The average Bonchev–Trinajstić information content (AvgIpc) is 2.59. The molecule has 0 rings (SSSR count). The summed E-state index contributed by atoms with van der Waals surface area (Å²) in [5, 5.41) is 5.34. The monoisotopic (exact) mass is 398 g/mol. The highest BCUT2D eigenvalue weighted by Gasteiger charge is 2.12. The Balaban J connectivity index is 3.39. The maximum Gasteiger partial charge on any atom is 0.407 e. The van der Waals surface area contributed by atoms with E-state index in [1.165, 1.54) is 13.8 Å². The lowest BCUT2D eigenvalue weighted by molar-refractivity contribution is -0.120. The average molecular weight is 398 g/mol. The zero-order valence-electron chi connectivity index (χ0n) is 15.4. The summed E-state index contributed by atoms with van der Waals surface area (Å²) < 4.78 is 26.3. The molecule has 0 aliphatic rings. The van der Waals surface area contributed by atoms with E-state index in [9.17, 15) is 14.2 Å². The fourth-order valence-electron chi connectivity index (χ4n) is 1.72. The molecule has 2 amide bonds. The van der Waals surface area contributed by atoms with Gasteiger partial charge >= 0.3 is 13.7 Å². The first kappa shape index (κ1) is 24.2. The molecular weight excluding hydrogens is 367 g/mol. The molecule has 0 aromatic carbocycles. The van der Waals surface area contributed by atoms with E-state index in [1.54, 1.807) is 11.8 Å². The third-order valence-corrected chi connectivity index (χ3v) is 5.12. The molecule has 10 heteroatoms. The van der Waals surface area contributed by atoms with Crippen molar-refractivity contribution in [1.29, 1.82) is 0 Å². The van der Waals surface area contributed by atoms with Crippen molar-refractivity contribution in [2.24, 2.45) is 0 Å². The number of carbonyl (C=O) groups is 2. The second kappa shape index (κ2) is 15.5. The molecule has 0 aliphatic carbocycles. The molecule has 0 aromatic rings. The van der Waals surface area contributed by atoms with Gasteiger partial charge in [-0.3, -0.25) is 9.36 Å². The molecule has 0 fully saturated rings. The van der Waals surface area contributed by atoms with Gasteiger partial charge in [0, 0.05) is 32.5 Å². The summed E-state index contributed by atoms with van der Waals surface area (Å²) in [7, 11) is -1.51. The van der Waals surface area contributed by atoms with Gasteiger partial charge in [0.25, 0.3) is 0 Å². The van der Waals surface area contributed by atoms with E-state index in [0.29, 0.717) is 26.1 Å². The van der Waals surface area contributed by atoms with Crippen molar-refractivity contribution in [3.8, 4) is 0 Å². The highest BCUT2D eigenvalue weighted by Crippen LogP contribution is 2.42. The molecule has 0 radical (unpaired) electrons. The lowest BCUT2D eigenvalue weighted by atomic mass is 10.2. The molecule has 0 aromatic heterocycles. The maximum atomic E-state index is 11.5. The molecule has 8 nitrogen and oxygen atoms in total. The van der Waals surface area contributed by atoms with Gasteiger partial charge in [0.05, 0.1) is 13.2 Å². The topological polar surface area (TPSA) is 103 Å². The van der Waals surface area contributed by atoms with Crippen LogP contribution in [-0.2, 0) is 23.1 Å². The summed E-state index contributed by atoms with van der Waals surface area (Å²) >= 11 is 1.61. The molecule has 0 bridgehead atoms. The first-order valence-corrected chi connectivity index (χ1v) is 11.7. The predicted molar refractivity (Wildman–Crippen MR) is 100 cm³/mol. The number of hydrogen-bond donors (Lipinski definition) is 2. The number of hydrogen-bond acceptors (Lipinski definition) is 7. The standard InChI is InChI=1S/C15H31N2O6PS/c1-21-24(2,20)23-11-7-5-4-6-9-17-15(19)22-12-10-16-14(18)8-13-25-3/h4-13H2,1-3H3,(H,16,18)(H,17,19). The lowest BCUT2D eigenvalue weighted by Crippen LogP contribution is -2.31. The molecule has 0 aliphatic heterocycles. The number of nitrogens with one attached hydrogen (secondary N) is 2. The number of carbonyl (C=O) groups excluding carboxylic acids is 2. The highest BCUT2D eigenvalue weighted by atomic mass is 32.2. The molecule has 148 valence electrons. The molecular formula is C15H31N2O6PS. The quantitative estimate of drug-likeness (QED) is 0.323. The minimum absolute atomic E-state index is 0.0349. The minimum Gasteiger partial charge on any atom is -0.448 e. The molecule has 0 spiro atoms. The first-order chi connectivity index (χ1) is 11.9. The van der Waals surface area contributed by atoms with Crippen LogP contribution in [0.5, 0.6) is 0 Å². The second-order valence-corrected chi connectivity index (χ2v) is 8.51. The van der Waals surface area contributed by atoms with Crippen LogP contribution in [0.25, 0.3) is 0 Å².